The molecule has 1 aromatic heterocycles. The van der Waals surface area contributed by atoms with E-state index in [9.17, 15) is 9.90 Å². The van der Waals surface area contributed by atoms with Crippen molar-refractivity contribution in [3.8, 4) is 5.75 Å². The summed E-state index contributed by atoms with van der Waals surface area (Å²) in [5.74, 6) is 0.707. The first-order valence-corrected chi connectivity index (χ1v) is 13.0. The predicted molar refractivity (Wildman–Crippen MR) is 133 cm³/mol. The zero-order chi connectivity index (χ0) is 23.4. The Morgan fingerprint density at radius 3 is 2.34 bits per heavy atom. The highest BCUT2D eigenvalue weighted by Gasteiger charge is 2.50. The number of aliphatic hydroxyl groups is 1. The Hall–Kier alpha value is -2.19. The number of nitrogens with zero attached hydrogens (tertiary/aromatic N) is 1. The Bertz CT molecular complexity index is 1070. The lowest BCUT2D eigenvalue weighted by molar-refractivity contribution is -0.946. The van der Waals surface area contributed by atoms with Crippen LogP contribution in [0.1, 0.15) is 29.7 Å². The van der Waals surface area contributed by atoms with E-state index >= 15 is 0 Å². The second-order valence-electron chi connectivity index (χ2n) is 9.55. The largest absolute Gasteiger partial charge is 1.00 e. The molecule has 0 amide bonds. The van der Waals surface area contributed by atoms with E-state index in [0.29, 0.717) is 23.0 Å². The molecule has 35 heavy (non-hydrogen) atoms. The van der Waals surface area contributed by atoms with Gasteiger partial charge in [0.05, 0.1) is 31.1 Å². The number of thiophene rings is 1. The van der Waals surface area contributed by atoms with Crippen molar-refractivity contribution in [3.63, 3.8) is 0 Å². The van der Waals surface area contributed by atoms with Gasteiger partial charge in [-0.25, -0.2) is 4.79 Å². The van der Waals surface area contributed by atoms with Gasteiger partial charge in [-0.2, -0.15) is 0 Å². The lowest BCUT2D eigenvalue weighted by atomic mass is 9.82. The average Bonchev–Trinajstić information content (AvgIpc) is 3.44. The fraction of sp³-hybridized carbons (Fsp3) is 0.393. The first-order chi connectivity index (χ1) is 16.6. The number of hydrogen-bond acceptors (Lipinski definition) is 5. The third kappa shape index (κ3) is 5.48. The van der Waals surface area contributed by atoms with Crippen molar-refractivity contribution in [2.24, 2.45) is 5.92 Å². The molecule has 3 aromatic rings. The summed E-state index contributed by atoms with van der Waals surface area (Å²) >= 11 is 1.37. The summed E-state index contributed by atoms with van der Waals surface area (Å²) in [6.45, 7) is 4.76. The summed E-state index contributed by atoms with van der Waals surface area (Å²) in [5, 5.41) is 13.5. The molecule has 3 aliphatic rings. The molecule has 5 nitrogen and oxygen atoms in total. The van der Waals surface area contributed by atoms with Crippen molar-refractivity contribution < 1.29 is 40.8 Å². The summed E-state index contributed by atoms with van der Waals surface area (Å²) in [7, 11) is 0. The van der Waals surface area contributed by atoms with E-state index in [2.05, 4.69) is 0 Å². The Kier molecular flexibility index (Phi) is 8.32. The molecule has 7 heteroatoms. The third-order valence-corrected chi connectivity index (χ3v) is 8.43. The fourth-order valence-electron chi connectivity index (χ4n) is 5.52. The summed E-state index contributed by atoms with van der Waals surface area (Å²) < 4.78 is 13.0. The van der Waals surface area contributed by atoms with E-state index in [1.54, 1.807) is 18.2 Å². The van der Waals surface area contributed by atoms with Gasteiger partial charge in [-0.3, -0.25) is 0 Å². The van der Waals surface area contributed by atoms with Crippen LogP contribution in [-0.4, -0.2) is 54.4 Å². The topological polar surface area (TPSA) is 55.8 Å². The molecular formula is C28H32BrNO4S. The molecule has 6 rings (SSSR count). The van der Waals surface area contributed by atoms with Gasteiger partial charge in [-0.1, -0.05) is 54.6 Å². The first-order valence-electron chi connectivity index (χ1n) is 12.1. The summed E-state index contributed by atoms with van der Waals surface area (Å²) in [6.07, 6.45) is 2.91. The number of ether oxygens (including phenoxy) is 2. The monoisotopic (exact) mass is 557 g/mol. The summed E-state index contributed by atoms with van der Waals surface area (Å²) in [5.41, 5.74) is -1.24. The van der Waals surface area contributed by atoms with Gasteiger partial charge in [0.1, 0.15) is 12.3 Å². The normalized spacial score (nSPS) is 24.7. The summed E-state index contributed by atoms with van der Waals surface area (Å²) in [6, 6.07) is 22.7. The van der Waals surface area contributed by atoms with Crippen LogP contribution in [0.3, 0.4) is 0 Å². The number of fused-ring (bicyclic) bond motifs is 3. The Labute approximate surface area is 221 Å². The maximum absolute atomic E-state index is 13.5. The van der Waals surface area contributed by atoms with E-state index in [0.717, 1.165) is 55.7 Å². The van der Waals surface area contributed by atoms with Gasteiger partial charge in [-0.15, -0.1) is 11.3 Å². The van der Waals surface area contributed by atoms with Gasteiger partial charge in [0.15, 0.2) is 6.10 Å². The predicted octanol–water partition coefficient (Wildman–Crippen LogP) is 1.61. The quantitative estimate of drug-likeness (QED) is 0.247. The van der Waals surface area contributed by atoms with Crippen molar-refractivity contribution in [2.75, 3.05) is 32.8 Å². The molecule has 3 fully saturated rings. The zero-order valence-electron chi connectivity index (χ0n) is 19.7. The molecule has 0 spiro atoms. The van der Waals surface area contributed by atoms with E-state index in [4.69, 9.17) is 9.47 Å². The Morgan fingerprint density at radius 1 is 1.00 bits per heavy atom. The highest BCUT2D eigenvalue weighted by molar-refractivity contribution is 7.10. The van der Waals surface area contributed by atoms with E-state index in [-0.39, 0.29) is 23.1 Å². The maximum atomic E-state index is 13.5. The molecule has 0 saturated carbocycles. The van der Waals surface area contributed by atoms with E-state index < -0.39 is 11.6 Å². The van der Waals surface area contributed by atoms with Crippen molar-refractivity contribution in [2.45, 2.75) is 31.0 Å². The van der Waals surface area contributed by atoms with Gasteiger partial charge in [0.2, 0.25) is 5.60 Å². The molecule has 3 saturated heterocycles. The minimum absolute atomic E-state index is 0. The number of carbonyl (C=O) groups is 1. The Balaban J connectivity index is 0.00000289. The molecule has 0 radical (unpaired) electrons. The molecule has 3 aliphatic heterocycles. The van der Waals surface area contributed by atoms with Gasteiger partial charge < -0.3 is 36.0 Å². The minimum Gasteiger partial charge on any atom is -1.00 e. The number of para-hydroxylation sites is 1. The maximum Gasteiger partial charge on any atom is 0.349 e. The number of quaternary nitrogens is 1. The molecule has 2 bridgehead atoms. The van der Waals surface area contributed by atoms with Crippen LogP contribution in [0.15, 0.2) is 78.2 Å². The molecule has 1 unspecified atom stereocenters. The van der Waals surface area contributed by atoms with Gasteiger partial charge in [0.25, 0.3) is 0 Å². The molecular weight excluding hydrogens is 526 g/mol. The number of benzene rings is 2. The van der Waals surface area contributed by atoms with Crippen molar-refractivity contribution in [1.29, 1.82) is 0 Å². The number of piperidine rings is 3. The van der Waals surface area contributed by atoms with Crippen LogP contribution in [0.4, 0.5) is 0 Å². The first kappa shape index (κ1) is 25.9. The molecule has 2 aromatic carbocycles. The van der Waals surface area contributed by atoms with Crippen molar-refractivity contribution >= 4 is 17.3 Å². The molecule has 0 aliphatic carbocycles. The van der Waals surface area contributed by atoms with Crippen LogP contribution in [0, 0.1) is 5.92 Å². The van der Waals surface area contributed by atoms with Crippen LogP contribution in [0.25, 0.3) is 0 Å². The highest BCUT2D eigenvalue weighted by Crippen LogP contribution is 2.39. The lowest BCUT2D eigenvalue weighted by Crippen LogP contribution is -3.00. The van der Waals surface area contributed by atoms with Gasteiger partial charge in [0, 0.05) is 30.7 Å². The number of carbonyl (C=O) groups excluding carboxylic acids is 1. The average molecular weight is 559 g/mol. The second-order valence-corrected chi connectivity index (χ2v) is 10.5. The number of esters is 1. The number of rotatable bonds is 9. The summed E-state index contributed by atoms with van der Waals surface area (Å²) in [4.78, 5) is 14.1. The van der Waals surface area contributed by atoms with Crippen LogP contribution in [-0.2, 0) is 15.1 Å². The molecule has 186 valence electrons. The van der Waals surface area contributed by atoms with E-state index in [1.807, 2.05) is 60.0 Å². The minimum atomic E-state index is -1.78. The van der Waals surface area contributed by atoms with Gasteiger partial charge in [-0.05, 0) is 23.6 Å². The van der Waals surface area contributed by atoms with Crippen LogP contribution in [0.2, 0.25) is 0 Å². The van der Waals surface area contributed by atoms with Crippen LogP contribution < -0.4 is 21.7 Å². The van der Waals surface area contributed by atoms with E-state index in [1.165, 1.54) is 11.3 Å². The zero-order valence-corrected chi connectivity index (χ0v) is 22.1. The highest BCUT2D eigenvalue weighted by atomic mass is 79.9. The molecule has 2 atom stereocenters. The smallest absolute Gasteiger partial charge is 0.349 e. The second kappa shape index (κ2) is 11.2. The lowest BCUT2D eigenvalue weighted by Gasteiger charge is -2.52. The van der Waals surface area contributed by atoms with Crippen molar-refractivity contribution in [1.82, 2.24) is 0 Å². The number of hydrogen-bond donors (Lipinski definition) is 1. The third-order valence-electron chi connectivity index (χ3n) is 7.45. The Morgan fingerprint density at radius 2 is 1.69 bits per heavy atom. The van der Waals surface area contributed by atoms with Crippen LogP contribution in [0.5, 0.6) is 5.75 Å². The molecule has 4 heterocycles. The SMILES string of the molecule is O=C(O[C@H]1C[N+]2(CCCOc3ccccc3)CCC1CC2)C(O)(c1ccccc1)c1cccs1.[Br-]. The van der Waals surface area contributed by atoms with Crippen molar-refractivity contribution in [3.05, 3.63) is 88.6 Å². The van der Waals surface area contributed by atoms with Crippen LogP contribution >= 0.6 is 11.3 Å². The molecule has 1 N–H and O–H groups in total. The standard InChI is InChI=1S/C28H32NO4S.BrH/c30-27(28(31,26-13-7-20-34-26)23-9-3-1-4-10-23)33-25-21-29(17-14-22(25)15-18-29)16-8-19-32-24-11-5-2-6-12-24;/h1-7,9-13,20,22,25,31H,8,14-19,21H2;1H/q+1;/p-1/t22?,25-,28?,29?;/m0./s1. The number of halogens is 1. The fourth-order valence-corrected chi connectivity index (χ4v) is 6.36. The van der Waals surface area contributed by atoms with Gasteiger partial charge >= 0.3 is 5.97 Å².